The fourth-order valence-electron chi connectivity index (χ4n) is 3.69. The molecule has 2 rings (SSSR count). The van der Waals surface area contributed by atoms with Crippen LogP contribution in [0.3, 0.4) is 0 Å². The molecule has 2 aliphatic carbocycles. The van der Waals surface area contributed by atoms with E-state index in [4.69, 9.17) is 0 Å². The molecule has 0 spiro atoms. The first-order chi connectivity index (χ1) is 7.38. The Morgan fingerprint density at radius 3 is 2.06 bits per heavy atom. The molecule has 1 unspecified atom stereocenters. The average Bonchev–Trinajstić information content (AvgIpc) is 2.16. The zero-order valence-electron chi connectivity index (χ0n) is 10.6. The lowest BCUT2D eigenvalue weighted by molar-refractivity contribution is -0.0572. The van der Waals surface area contributed by atoms with Crippen molar-refractivity contribution in [3.63, 3.8) is 0 Å². The maximum atomic E-state index is 13.1. The van der Waals surface area contributed by atoms with Crippen LogP contribution in [0.5, 0.6) is 0 Å². The molecule has 2 saturated carbocycles. The largest absolute Gasteiger partial charge is 0.248 e. The smallest absolute Gasteiger partial charge is 0.207 e. The van der Waals surface area contributed by atoms with Gasteiger partial charge in [-0.1, -0.05) is 26.7 Å². The molecule has 0 saturated heterocycles. The molecule has 94 valence electrons. The molecule has 16 heavy (non-hydrogen) atoms. The van der Waals surface area contributed by atoms with Gasteiger partial charge in [-0.25, -0.2) is 8.78 Å². The van der Waals surface area contributed by atoms with Crippen LogP contribution in [0.1, 0.15) is 65.2 Å². The van der Waals surface area contributed by atoms with Crippen LogP contribution in [0.4, 0.5) is 8.78 Å². The number of rotatable bonds is 1. The Bertz CT molecular complexity index is 235. The Morgan fingerprint density at radius 1 is 0.875 bits per heavy atom. The zero-order chi connectivity index (χ0) is 11.8. The molecule has 2 aliphatic rings. The third kappa shape index (κ3) is 2.95. The van der Waals surface area contributed by atoms with E-state index in [1.165, 1.54) is 25.7 Å². The number of halogens is 2. The standard InChI is InChI=1S/C14H24F2/c1-13(2)7-3-4-12(10-13)11-5-8-14(15,16)9-6-11/h11-12H,3-10H2,1-2H3. The van der Waals surface area contributed by atoms with Crippen LogP contribution in [0.2, 0.25) is 0 Å². The lowest BCUT2D eigenvalue weighted by Crippen LogP contribution is -2.33. The summed E-state index contributed by atoms with van der Waals surface area (Å²) in [7, 11) is 0. The van der Waals surface area contributed by atoms with Crippen LogP contribution in [-0.2, 0) is 0 Å². The highest BCUT2D eigenvalue weighted by atomic mass is 19.3. The van der Waals surface area contributed by atoms with Crippen molar-refractivity contribution in [1.29, 1.82) is 0 Å². The van der Waals surface area contributed by atoms with Gasteiger partial charge in [0.2, 0.25) is 5.92 Å². The third-order valence-electron chi connectivity index (χ3n) is 4.67. The van der Waals surface area contributed by atoms with Crippen molar-refractivity contribution in [2.75, 3.05) is 0 Å². The summed E-state index contributed by atoms with van der Waals surface area (Å²) < 4.78 is 26.2. The molecule has 0 aliphatic heterocycles. The first kappa shape index (κ1) is 12.3. The SMILES string of the molecule is CC1(C)CCCC(C2CCC(F)(F)CC2)C1. The van der Waals surface area contributed by atoms with Gasteiger partial charge in [0.05, 0.1) is 0 Å². The molecule has 0 aromatic rings. The molecule has 0 N–H and O–H groups in total. The lowest BCUT2D eigenvalue weighted by atomic mass is 9.65. The summed E-state index contributed by atoms with van der Waals surface area (Å²) in [5, 5.41) is 0. The highest BCUT2D eigenvalue weighted by molar-refractivity contribution is 4.87. The van der Waals surface area contributed by atoms with Crippen molar-refractivity contribution in [3.05, 3.63) is 0 Å². The van der Waals surface area contributed by atoms with E-state index in [-0.39, 0.29) is 12.8 Å². The Kier molecular flexibility index (Phi) is 3.29. The molecule has 2 heteroatoms. The monoisotopic (exact) mass is 230 g/mol. The Hall–Kier alpha value is -0.140. The van der Waals surface area contributed by atoms with E-state index in [1.54, 1.807) is 0 Å². The van der Waals surface area contributed by atoms with Gasteiger partial charge < -0.3 is 0 Å². The van der Waals surface area contributed by atoms with E-state index in [0.29, 0.717) is 11.3 Å². The summed E-state index contributed by atoms with van der Waals surface area (Å²) >= 11 is 0. The van der Waals surface area contributed by atoms with Crippen LogP contribution in [-0.4, -0.2) is 5.92 Å². The minimum atomic E-state index is -2.36. The Morgan fingerprint density at radius 2 is 1.50 bits per heavy atom. The normalized spacial score (nSPS) is 34.9. The molecule has 0 aromatic carbocycles. The van der Waals surface area contributed by atoms with Crippen LogP contribution in [0.25, 0.3) is 0 Å². The van der Waals surface area contributed by atoms with Gasteiger partial charge in [-0.2, -0.15) is 0 Å². The minimum Gasteiger partial charge on any atom is -0.207 e. The van der Waals surface area contributed by atoms with Crippen LogP contribution in [0, 0.1) is 17.3 Å². The summed E-state index contributed by atoms with van der Waals surface area (Å²) in [6.45, 7) is 4.66. The van der Waals surface area contributed by atoms with E-state index in [9.17, 15) is 8.78 Å². The van der Waals surface area contributed by atoms with E-state index in [1.807, 2.05) is 0 Å². The van der Waals surface area contributed by atoms with Crippen molar-refractivity contribution in [2.24, 2.45) is 17.3 Å². The van der Waals surface area contributed by atoms with Gasteiger partial charge in [0, 0.05) is 12.8 Å². The maximum absolute atomic E-state index is 13.1. The predicted octanol–water partition coefficient (Wildman–Crippen LogP) is 5.03. The van der Waals surface area contributed by atoms with Crippen molar-refractivity contribution < 1.29 is 8.78 Å². The van der Waals surface area contributed by atoms with E-state index < -0.39 is 5.92 Å². The molecule has 2 fully saturated rings. The highest BCUT2D eigenvalue weighted by Crippen LogP contribution is 2.47. The topological polar surface area (TPSA) is 0 Å². The maximum Gasteiger partial charge on any atom is 0.248 e. The van der Waals surface area contributed by atoms with Crippen LogP contribution < -0.4 is 0 Å². The summed E-state index contributed by atoms with van der Waals surface area (Å²) in [5.41, 5.74) is 0.447. The quantitative estimate of drug-likeness (QED) is 0.592. The molecule has 0 bridgehead atoms. The molecule has 0 radical (unpaired) electrons. The fraction of sp³-hybridized carbons (Fsp3) is 1.00. The van der Waals surface area contributed by atoms with Crippen molar-refractivity contribution in [3.8, 4) is 0 Å². The first-order valence-electron chi connectivity index (χ1n) is 6.76. The van der Waals surface area contributed by atoms with Gasteiger partial charge in [0.25, 0.3) is 0 Å². The number of hydrogen-bond donors (Lipinski definition) is 0. The molecule has 0 nitrogen and oxygen atoms in total. The predicted molar refractivity (Wildman–Crippen MR) is 62.6 cm³/mol. The molecule has 0 amide bonds. The van der Waals surface area contributed by atoms with Gasteiger partial charge in [0.1, 0.15) is 0 Å². The summed E-state index contributed by atoms with van der Waals surface area (Å²) in [6, 6.07) is 0. The minimum absolute atomic E-state index is 0.134. The Balaban J connectivity index is 1.89. The van der Waals surface area contributed by atoms with Gasteiger partial charge >= 0.3 is 0 Å². The van der Waals surface area contributed by atoms with Gasteiger partial charge in [-0.05, 0) is 42.9 Å². The third-order valence-corrected chi connectivity index (χ3v) is 4.67. The van der Waals surface area contributed by atoms with Crippen LogP contribution >= 0.6 is 0 Å². The highest BCUT2D eigenvalue weighted by Gasteiger charge is 2.39. The Labute approximate surface area is 97.8 Å². The second-order valence-corrected chi connectivity index (χ2v) is 6.71. The van der Waals surface area contributed by atoms with E-state index in [0.717, 1.165) is 18.8 Å². The van der Waals surface area contributed by atoms with E-state index >= 15 is 0 Å². The summed E-state index contributed by atoms with van der Waals surface area (Å²) in [6.07, 6.45) is 6.92. The first-order valence-corrected chi connectivity index (χ1v) is 6.76. The molecule has 0 heterocycles. The number of alkyl halides is 2. The molecular weight excluding hydrogens is 206 g/mol. The summed E-state index contributed by atoms with van der Waals surface area (Å²) in [4.78, 5) is 0. The van der Waals surface area contributed by atoms with Gasteiger partial charge in [0.15, 0.2) is 0 Å². The molecule has 0 aromatic heterocycles. The van der Waals surface area contributed by atoms with E-state index in [2.05, 4.69) is 13.8 Å². The second-order valence-electron chi connectivity index (χ2n) is 6.71. The van der Waals surface area contributed by atoms with Crippen LogP contribution in [0.15, 0.2) is 0 Å². The average molecular weight is 230 g/mol. The summed E-state index contributed by atoms with van der Waals surface area (Å²) in [5.74, 6) is -1.06. The van der Waals surface area contributed by atoms with Gasteiger partial charge in [-0.3, -0.25) is 0 Å². The van der Waals surface area contributed by atoms with Gasteiger partial charge in [-0.15, -0.1) is 0 Å². The van der Waals surface area contributed by atoms with Crippen molar-refractivity contribution >= 4 is 0 Å². The molecule has 1 atom stereocenters. The lowest BCUT2D eigenvalue weighted by Gasteiger charge is -2.41. The molecular formula is C14H24F2. The van der Waals surface area contributed by atoms with Crippen molar-refractivity contribution in [2.45, 2.75) is 71.1 Å². The zero-order valence-corrected chi connectivity index (χ0v) is 10.6. The second kappa shape index (κ2) is 4.27. The van der Waals surface area contributed by atoms with Crippen molar-refractivity contribution in [1.82, 2.24) is 0 Å². The fourth-order valence-corrected chi connectivity index (χ4v) is 3.69. The number of hydrogen-bond acceptors (Lipinski definition) is 0.